The monoisotopic (exact) mass is 471 g/mol. The number of ether oxygens (including phenoxy) is 1. The number of nitrogens with one attached hydrogen (secondary N) is 1. The van der Waals surface area contributed by atoms with Gasteiger partial charge in [-0.15, -0.1) is 12.4 Å². The minimum Gasteiger partial charge on any atom is -0.497 e. The Hall–Kier alpha value is -3.02. The number of methoxy groups -OCH3 is 1. The third-order valence-electron chi connectivity index (χ3n) is 5.65. The highest BCUT2D eigenvalue weighted by Gasteiger charge is 2.30. The van der Waals surface area contributed by atoms with Crippen molar-refractivity contribution in [3.8, 4) is 16.9 Å². The smallest absolute Gasteiger partial charge is 0.416 e. The Morgan fingerprint density at radius 2 is 1.61 bits per heavy atom. The maximum absolute atomic E-state index is 13.0. The molecule has 33 heavy (non-hydrogen) atoms. The third-order valence-corrected chi connectivity index (χ3v) is 5.65. The number of alkyl halides is 3. The molecule has 0 heterocycles. The van der Waals surface area contributed by atoms with E-state index in [9.17, 15) is 13.2 Å². The zero-order chi connectivity index (χ0) is 22.7. The SMILES string of the molecule is COc1cccc([C@@H](C)NCc2cc(-c3ccc(C(F)(F)F)cc3)c3ccccc3c2)c1.Cl. The molecule has 6 heteroatoms. The standard InChI is InChI=1S/C27H24F3NO.ClH/c1-18(21-7-5-8-24(16-21)32-2)31-17-19-14-22-6-3-4-9-25(22)26(15-19)20-10-12-23(13-11-20)27(28,29)30;/h3-16,18,31H,17H2,1-2H3;1H/t18-;/m1./s1. The molecule has 0 amide bonds. The van der Waals surface area contributed by atoms with Crippen LogP contribution in [0, 0.1) is 0 Å². The fourth-order valence-corrected chi connectivity index (χ4v) is 3.85. The first kappa shape index (κ1) is 24.6. The highest BCUT2D eigenvalue weighted by molar-refractivity contribution is 5.97. The molecular formula is C27H25ClF3NO. The summed E-state index contributed by atoms with van der Waals surface area (Å²) in [6.45, 7) is 2.71. The van der Waals surface area contributed by atoms with Crippen LogP contribution in [0.3, 0.4) is 0 Å². The molecule has 4 rings (SSSR count). The second kappa shape index (κ2) is 10.3. The fourth-order valence-electron chi connectivity index (χ4n) is 3.85. The van der Waals surface area contributed by atoms with Gasteiger partial charge in [0.1, 0.15) is 5.75 Å². The Morgan fingerprint density at radius 3 is 2.30 bits per heavy atom. The van der Waals surface area contributed by atoms with Crippen molar-refractivity contribution in [1.29, 1.82) is 0 Å². The maximum Gasteiger partial charge on any atom is 0.416 e. The summed E-state index contributed by atoms with van der Waals surface area (Å²) in [6.07, 6.45) is -4.34. The molecular weight excluding hydrogens is 447 g/mol. The van der Waals surface area contributed by atoms with Gasteiger partial charge in [0.05, 0.1) is 12.7 Å². The summed E-state index contributed by atoms with van der Waals surface area (Å²) >= 11 is 0. The van der Waals surface area contributed by atoms with Crippen LogP contribution in [-0.2, 0) is 12.7 Å². The fraction of sp³-hybridized carbons (Fsp3) is 0.185. The Bertz CT molecular complexity index is 1220. The van der Waals surface area contributed by atoms with Crippen LogP contribution in [-0.4, -0.2) is 7.11 Å². The number of rotatable bonds is 6. The molecule has 1 atom stereocenters. The first-order valence-corrected chi connectivity index (χ1v) is 10.4. The van der Waals surface area contributed by atoms with Crippen LogP contribution < -0.4 is 10.1 Å². The average molecular weight is 472 g/mol. The van der Waals surface area contributed by atoms with Crippen LogP contribution >= 0.6 is 12.4 Å². The van der Waals surface area contributed by atoms with Gasteiger partial charge in [0.25, 0.3) is 0 Å². The maximum atomic E-state index is 13.0. The topological polar surface area (TPSA) is 21.3 Å². The van der Waals surface area contributed by atoms with E-state index in [1.807, 2.05) is 48.5 Å². The van der Waals surface area contributed by atoms with Gasteiger partial charge >= 0.3 is 6.18 Å². The molecule has 2 nitrogen and oxygen atoms in total. The number of hydrogen-bond donors (Lipinski definition) is 1. The lowest BCUT2D eigenvalue weighted by atomic mass is 9.94. The van der Waals surface area contributed by atoms with Crippen LogP contribution in [0.1, 0.15) is 29.7 Å². The van der Waals surface area contributed by atoms with E-state index in [2.05, 4.69) is 24.4 Å². The Balaban J connectivity index is 0.00000306. The summed E-state index contributed by atoms with van der Waals surface area (Å²) in [5.74, 6) is 0.812. The van der Waals surface area contributed by atoms with E-state index < -0.39 is 11.7 Å². The van der Waals surface area contributed by atoms with Crippen molar-refractivity contribution in [3.63, 3.8) is 0 Å². The molecule has 0 bridgehead atoms. The number of benzene rings is 4. The summed E-state index contributed by atoms with van der Waals surface area (Å²) in [5.41, 5.74) is 3.22. The lowest BCUT2D eigenvalue weighted by Gasteiger charge is -2.17. The van der Waals surface area contributed by atoms with E-state index in [-0.39, 0.29) is 18.4 Å². The lowest BCUT2D eigenvalue weighted by Crippen LogP contribution is -2.18. The largest absolute Gasteiger partial charge is 0.497 e. The molecule has 0 saturated heterocycles. The Labute approximate surface area is 197 Å². The molecule has 172 valence electrons. The molecule has 0 aliphatic heterocycles. The summed E-state index contributed by atoms with van der Waals surface area (Å²) in [7, 11) is 1.65. The summed E-state index contributed by atoms with van der Waals surface area (Å²) in [6, 6.07) is 25.5. The molecule has 0 saturated carbocycles. The number of halogens is 4. The zero-order valence-electron chi connectivity index (χ0n) is 18.3. The first-order valence-electron chi connectivity index (χ1n) is 10.4. The Morgan fingerprint density at radius 1 is 0.879 bits per heavy atom. The molecule has 0 aliphatic carbocycles. The van der Waals surface area contributed by atoms with Gasteiger partial charge in [-0.1, -0.05) is 48.5 Å². The molecule has 0 unspecified atom stereocenters. The quantitative estimate of drug-likeness (QED) is 0.309. The van der Waals surface area contributed by atoms with Crippen molar-refractivity contribution in [1.82, 2.24) is 5.32 Å². The van der Waals surface area contributed by atoms with Gasteiger partial charge in [0, 0.05) is 12.6 Å². The molecule has 1 N–H and O–H groups in total. The minimum absolute atomic E-state index is 0. The molecule has 4 aromatic rings. The molecule has 4 aromatic carbocycles. The third kappa shape index (κ3) is 5.67. The lowest BCUT2D eigenvalue weighted by molar-refractivity contribution is -0.137. The summed E-state index contributed by atoms with van der Waals surface area (Å²) in [4.78, 5) is 0. The van der Waals surface area contributed by atoms with Gasteiger partial charge in [-0.05, 0) is 76.3 Å². The van der Waals surface area contributed by atoms with Crippen LogP contribution in [0.2, 0.25) is 0 Å². The van der Waals surface area contributed by atoms with Crippen molar-refractivity contribution >= 4 is 23.2 Å². The Kier molecular flexibility index (Phi) is 7.67. The molecule has 0 aliphatic rings. The highest BCUT2D eigenvalue weighted by atomic mass is 35.5. The van der Waals surface area contributed by atoms with Crippen LogP contribution in [0.25, 0.3) is 21.9 Å². The van der Waals surface area contributed by atoms with Crippen molar-refractivity contribution in [2.75, 3.05) is 7.11 Å². The average Bonchev–Trinajstić information content (AvgIpc) is 2.81. The minimum atomic E-state index is -4.34. The number of hydrogen-bond acceptors (Lipinski definition) is 2. The van der Waals surface area contributed by atoms with Crippen molar-refractivity contribution in [2.45, 2.75) is 25.7 Å². The van der Waals surface area contributed by atoms with Crippen LogP contribution in [0.5, 0.6) is 5.75 Å². The van der Waals surface area contributed by atoms with E-state index in [0.29, 0.717) is 6.54 Å². The summed E-state index contributed by atoms with van der Waals surface area (Å²) in [5, 5.41) is 5.60. The van der Waals surface area contributed by atoms with Crippen molar-refractivity contribution in [3.05, 3.63) is 102 Å². The molecule has 0 spiro atoms. The van der Waals surface area contributed by atoms with Gasteiger partial charge in [-0.2, -0.15) is 13.2 Å². The van der Waals surface area contributed by atoms with Gasteiger partial charge < -0.3 is 10.1 Å². The van der Waals surface area contributed by atoms with Gasteiger partial charge in [-0.25, -0.2) is 0 Å². The first-order chi connectivity index (χ1) is 15.3. The molecule has 0 radical (unpaired) electrons. The van der Waals surface area contributed by atoms with E-state index in [4.69, 9.17) is 4.74 Å². The summed E-state index contributed by atoms with van der Waals surface area (Å²) < 4.78 is 44.3. The predicted octanol–water partition coefficient (Wildman–Crippen LogP) is 7.81. The highest BCUT2D eigenvalue weighted by Crippen LogP contribution is 2.34. The molecule has 0 aromatic heterocycles. The second-order valence-electron chi connectivity index (χ2n) is 7.82. The normalized spacial score (nSPS) is 12.3. The van der Waals surface area contributed by atoms with E-state index in [1.165, 1.54) is 0 Å². The van der Waals surface area contributed by atoms with Gasteiger partial charge in [0.2, 0.25) is 0 Å². The predicted molar refractivity (Wildman–Crippen MR) is 130 cm³/mol. The van der Waals surface area contributed by atoms with Crippen molar-refractivity contribution in [2.24, 2.45) is 0 Å². The molecule has 0 fully saturated rings. The van der Waals surface area contributed by atoms with Gasteiger partial charge in [0.15, 0.2) is 0 Å². The van der Waals surface area contributed by atoms with E-state index >= 15 is 0 Å². The van der Waals surface area contributed by atoms with Crippen molar-refractivity contribution < 1.29 is 17.9 Å². The van der Waals surface area contributed by atoms with Crippen LogP contribution in [0.4, 0.5) is 13.2 Å². The van der Waals surface area contributed by atoms with Gasteiger partial charge in [-0.3, -0.25) is 0 Å². The second-order valence-corrected chi connectivity index (χ2v) is 7.82. The van der Waals surface area contributed by atoms with Crippen LogP contribution in [0.15, 0.2) is 84.9 Å². The number of fused-ring (bicyclic) bond motifs is 1. The zero-order valence-corrected chi connectivity index (χ0v) is 19.1. The van der Waals surface area contributed by atoms with E-state index in [0.717, 1.165) is 50.9 Å². The van der Waals surface area contributed by atoms with E-state index in [1.54, 1.807) is 19.2 Å².